The topological polar surface area (TPSA) is 58.8 Å². The lowest BCUT2D eigenvalue weighted by Crippen LogP contribution is -2.46. The lowest BCUT2D eigenvalue weighted by Gasteiger charge is -2.39. The van der Waals surface area contributed by atoms with Crippen LogP contribution in [0.3, 0.4) is 0 Å². The first-order valence-electron chi connectivity index (χ1n) is 11.7. The molecule has 174 valence electrons. The van der Waals surface area contributed by atoms with Gasteiger partial charge in [0.05, 0.1) is 0 Å². The molecule has 1 amide bonds. The van der Waals surface area contributed by atoms with Gasteiger partial charge in [-0.1, -0.05) is 56.3 Å². The Kier molecular flexibility index (Phi) is 7.83. The fourth-order valence-corrected chi connectivity index (χ4v) is 4.42. The van der Waals surface area contributed by atoms with Crippen LogP contribution in [0.2, 0.25) is 0 Å². The van der Waals surface area contributed by atoms with Gasteiger partial charge in [-0.3, -0.25) is 4.90 Å². The Morgan fingerprint density at radius 1 is 1.16 bits per heavy atom. The summed E-state index contributed by atoms with van der Waals surface area (Å²) in [7, 11) is 0. The summed E-state index contributed by atoms with van der Waals surface area (Å²) >= 11 is 0. The Bertz CT molecular complexity index is 890. The molecule has 0 saturated carbocycles. The summed E-state index contributed by atoms with van der Waals surface area (Å²) in [5, 5.41) is 0. The van der Waals surface area contributed by atoms with Crippen molar-refractivity contribution in [2.45, 2.75) is 72.2 Å². The van der Waals surface area contributed by atoms with E-state index < -0.39 is 5.60 Å². The molecule has 0 saturated heterocycles. The van der Waals surface area contributed by atoms with Crippen molar-refractivity contribution in [1.29, 1.82) is 0 Å². The molecule has 5 heteroatoms. The summed E-state index contributed by atoms with van der Waals surface area (Å²) < 4.78 is 5.73. The van der Waals surface area contributed by atoms with Crippen molar-refractivity contribution >= 4 is 11.8 Å². The van der Waals surface area contributed by atoms with Crippen molar-refractivity contribution in [2.75, 3.05) is 18.8 Å². The molecule has 0 spiro atoms. The molecule has 1 aliphatic heterocycles. The maximum atomic E-state index is 13.0. The van der Waals surface area contributed by atoms with Crippen molar-refractivity contribution in [2.24, 2.45) is 5.92 Å². The predicted octanol–water partition coefficient (Wildman–Crippen LogP) is 5.48. The number of hydrogen-bond acceptors (Lipinski definition) is 4. The predicted molar refractivity (Wildman–Crippen MR) is 131 cm³/mol. The summed E-state index contributed by atoms with van der Waals surface area (Å²) in [5.74, 6) is 0.597. The van der Waals surface area contributed by atoms with Crippen LogP contribution < -0.4 is 5.73 Å². The second kappa shape index (κ2) is 10.4. The first-order valence-corrected chi connectivity index (χ1v) is 11.7. The first-order chi connectivity index (χ1) is 15.1. The van der Waals surface area contributed by atoms with E-state index in [2.05, 4.69) is 36.9 Å². The molecule has 1 heterocycles. The maximum Gasteiger partial charge on any atom is 0.410 e. The van der Waals surface area contributed by atoms with Gasteiger partial charge in [-0.25, -0.2) is 4.79 Å². The number of hydrogen-bond donors (Lipinski definition) is 1. The molecule has 1 unspecified atom stereocenters. The quantitative estimate of drug-likeness (QED) is 0.583. The van der Waals surface area contributed by atoms with Gasteiger partial charge in [0, 0.05) is 37.9 Å². The molecule has 0 radical (unpaired) electrons. The number of nitrogens with zero attached hydrogens (tertiary/aromatic N) is 2. The van der Waals surface area contributed by atoms with Crippen LogP contribution in [0.5, 0.6) is 0 Å². The molecule has 0 bridgehead atoms. The average Bonchev–Trinajstić information content (AvgIpc) is 2.71. The van der Waals surface area contributed by atoms with Gasteiger partial charge in [-0.15, -0.1) is 0 Å². The SMILES string of the molecule is CC(C)CC1Cc2c(N)cccc2CN1CCN(Cc1ccccc1)C(=O)OC(C)(C)C. The van der Waals surface area contributed by atoms with E-state index in [4.69, 9.17) is 10.5 Å². The number of nitrogen functional groups attached to an aromatic ring is 1. The highest BCUT2D eigenvalue weighted by Crippen LogP contribution is 2.30. The normalized spacial score (nSPS) is 16.6. The van der Waals surface area contributed by atoms with Crippen LogP contribution in [-0.2, 0) is 24.2 Å². The number of amides is 1. The fourth-order valence-electron chi connectivity index (χ4n) is 4.42. The second-order valence-electron chi connectivity index (χ2n) is 10.3. The summed E-state index contributed by atoms with van der Waals surface area (Å²) in [4.78, 5) is 17.4. The number of carbonyl (C=O) groups is 1. The van der Waals surface area contributed by atoms with Crippen LogP contribution in [0.1, 0.15) is 57.7 Å². The molecule has 2 N–H and O–H groups in total. The zero-order chi connectivity index (χ0) is 23.3. The maximum absolute atomic E-state index is 13.0. The van der Waals surface area contributed by atoms with E-state index in [0.29, 0.717) is 25.0 Å². The number of anilines is 1. The number of benzene rings is 2. The third kappa shape index (κ3) is 6.73. The summed E-state index contributed by atoms with van der Waals surface area (Å²) in [6, 6.07) is 16.8. The van der Waals surface area contributed by atoms with Gasteiger partial charge in [0.15, 0.2) is 0 Å². The minimum absolute atomic E-state index is 0.261. The average molecular weight is 438 g/mol. The van der Waals surface area contributed by atoms with Crippen LogP contribution >= 0.6 is 0 Å². The van der Waals surface area contributed by atoms with E-state index in [9.17, 15) is 4.79 Å². The number of rotatable bonds is 7. The Labute approximate surface area is 193 Å². The monoisotopic (exact) mass is 437 g/mol. The molecule has 3 rings (SSSR count). The Balaban J connectivity index is 1.76. The molecular weight excluding hydrogens is 398 g/mol. The van der Waals surface area contributed by atoms with Gasteiger partial charge in [-0.2, -0.15) is 0 Å². The highest BCUT2D eigenvalue weighted by Gasteiger charge is 2.29. The third-order valence-corrected chi connectivity index (χ3v) is 5.91. The molecular formula is C27H39N3O2. The van der Waals surface area contributed by atoms with Crippen molar-refractivity contribution in [3.63, 3.8) is 0 Å². The van der Waals surface area contributed by atoms with E-state index in [1.54, 1.807) is 0 Å². The van der Waals surface area contributed by atoms with Gasteiger partial charge in [0.1, 0.15) is 5.60 Å². The summed E-state index contributed by atoms with van der Waals surface area (Å²) in [6.07, 6.45) is 1.81. The Morgan fingerprint density at radius 2 is 1.88 bits per heavy atom. The third-order valence-electron chi connectivity index (χ3n) is 5.91. The van der Waals surface area contributed by atoms with Gasteiger partial charge in [0.25, 0.3) is 0 Å². The van der Waals surface area contributed by atoms with E-state index in [1.807, 2.05) is 56.0 Å². The molecule has 5 nitrogen and oxygen atoms in total. The molecule has 0 aromatic heterocycles. The largest absolute Gasteiger partial charge is 0.444 e. The second-order valence-corrected chi connectivity index (χ2v) is 10.3. The Morgan fingerprint density at radius 3 is 2.53 bits per heavy atom. The molecule has 2 aromatic carbocycles. The van der Waals surface area contributed by atoms with Crippen molar-refractivity contribution in [1.82, 2.24) is 9.80 Å². The van der Waals surface area contributed by atoms with Gasteiger partial charge in [0.2, 0.25) is 0 Å². The highest BCUT2D eigenvalue weighted by molar-refractivity contribution is 5.68. The van der Waals surface area contributed by atoms with E-state index in [1.165, 1.54) is 11.1 Å². The van der Waals surface area contributed by atoms with Gasteiger partial charge >= 0.3 is 6.09 Å². The van der Waals surface area contributed by atoms with Crippen LogP contribution in [0.25, 0.3) is 0 Å². The van der Waals surface area contributed by atoms with Crippen LogP contribution in [0.4, 0.5) is 10.5 Å². The number of nitrogens with two attached hydrogens (primary N) is 1. The van der Waals surface area contributed by atoms with E-state index >= 15 is 0 Å². The summed E-state index contributed by atoms with van der Waals surface area (Å²) in [6.45, 7) is 13.1. The minimum atomic E-state index is -0.520. The fraction of sp³-hybridized carbons (Fsp3) is 0.519. The van der Waals surface area contributed by atoms with E-state index in [0.717, 1.165) is 37.2 Å². The lowest BCUT2D eigenvalue weighted by molar-refractivity contribution is 0.0194. The van der Waals surface area contributed by atoms with E-state index in [-0.39, 0.29) is 6.09 Å². The lowest BCUT2D eigenvalue weighted by atomic mass is 9.88. The molecule has 1 atom stereocenters. The van der Waals surface area contributed by atoms with Crippen LogP contribution in [-0.4, -0.2) is 40.6 Å². The van der Waals surface area contributed by atoms with Crippen LogP contribution in [0.15, 0.2) is 48.5 Å². The van der Waals surface area contributed by atoms with Gasteiger partial charge < -0.3 is 15.4 Å². The molecule has 32 heavy (non-hydrogen) atoms. The number of fused-ring (bicyclic) bond motifs is 1. The van der Waals surface area contributed by atoms with Crippen molar-refractivity contribution in [3.05, 3.63) is 65.2 Å². The van der Waals surface area contributed by atoms with Gasteiger partial charge in [-0.05, 0) is 62.3 Å². The standard InChI is InChI=1S/C27H39N3O2/c1-20(2)16-23-17-24-22(12-9-13-25(24)28)19-29(23)14-15-30(26(31)32-27(3,4)5)18-21-10-7-6-8-11-21/h6-13,20,23H,14-19,28H2,1-5H3. The number of carbonyl (C=O) groups excluding carboxylic acids is 1. The Hall–Kier alpha value is -2.53. The van der Waals surface area contributed by atoms with Crippen molar-refractivity contribution in [3.8, 4) is 0 Å². The highest BCUT2D eigenvalue weighted by atomic mass is 16.6. The zero-order valence-electron chi connectivity index (χ0n) is 20.3. The molecule has 0 fully saturated rings. The first kappa shape index (κ1) is 24.1. The zero-order valence-corrected chi connectivity index (χ0v) is 20.3. The minimum Gasteiger partial charge on any atom is -0.444 e. The van der Waals surface area contributed by atoms with Crippen molar-refractivity contribution < 1.29 is 9.53 Å². The number of ether oxygens (including phenoxy) is 1. The molecule has 1 aliphatic rings. The van der Waals surface area contributed by atoms with Crippen LogP contribution in [0, 0.1) is 5.92 Å². The molecule has 0 aliphatic carbocycles. The molecule has 2 aromatic rings. The summed E-state index contributed by atoms with van der Waals surface area (Å²) in [5.41, 5.74) is 10.4. The smallest absolute Gasteiger partial charge is 0.410 e.